The summed E-state index contributed by atoms with van der Waals surface area (Å²) < 4.78 is 0. The van der Waals surface area contributed by atoms with Crippen LogP contribution in [0.2, 0.25) is 0 Å². The Kier molecular flexibility index (Phi) is 90.1. The molecule has 0 radical (unpaired) electrons. The van der Waals surface area contributed by atoms with Crippen LogP contribution < -0.4 is 71.0 Å². The third kappa shape index (κ3) is 73.8. The summed E-state index contributed by atoms with van der Waals surface area (Å²) in [6.07, 6.45) is 38.0. The van der Waals surface area contributed by atoms with Crippen molar-refractivity contribution in [2.75, 3.05) is 0 Å². The number of nitriles is 2. The van der Waals surface area contributed by atoms with Crippen LogP contribution in [0.3, 0.4) is 0 Å². The molecule has 4 fully saturated rings. The predicted octanol–water partition coefficient (Wildman–Crippen LogP) is 5.33. The zero-order valence-corrected chi connectivity index (χ0v) is 94.8. The van der Waals surface area contributed by atoms with Crippen LogP contribution in [0.25, 0.3) is 0 Å². The maximum absolute atomic E-state index is 11.8. The quantitative estimate of drug-likeness (QED) is 0.0241. The summed E-state index contributed by atoms with van der Waals surface area (Å²) in [7, 11) is 0. The Morgan fingerprint density at radius 2 is 0.400 bits per heavy atom. The van der Waals surface area contributed by atoms with Gasteiger partial charge in [0.05, 0.1) is 58.6 Å². The van der Waals surface area contributed by atoms with E-state index < -0.39 is 0 Å². The summed E-state index contributed by atoms with van der Waals surface area (Å²) in [5.74, 6) is -1.18. The van der Waals surface area contributed by atoms with E-state index in [1.54, 1.807) is 134 Å². The van der Waals surface area contributed by atoms with Crippen LogP contribution in [-0.4, -0.2) is 164 Å². The van der Waals surface area contributed by atoms with Crippen LogP contribution in [0, 0.1) is 175 Å². The van der Waals surface area contributed by atoms with Crippen LogP contribution in [0.15, 0.2) is 285 Å². The fourth-order valence-corrected chi connectivity index (χ4v) is 13.9. The summed E-state index contributed by atoms with van der Waals surface area (Å²) in [6.45, 7) is 19.0. The number of nitrogens with zero attached hydrogens (tertiary/aromatic N) is 6. The molecule has 0 unspecified atom stereocenters. The molecule has 0 heterocycles. The average molecular weight is 2650 g/mol. The minimum atomic E-state index is -0.187. The van der Waals surface area contributed by atoms with Gasteiger partial charge in [-0.05, 0) is 200 Å². The molecule has 10 N–H and O–H groups in total. The molecule has 0 amide bonds. The minimum absolute atomic E-state index is 0. The second kappa shape index (κ2) is 90.5. The SMILES string of the molecule is CC#N.CC#N.CC(=O)/C=C(/C)[O-].CC(=O)/C=C(/C)[O-].CC(=O)/C=C(/C)[O-].CC(=O)/C=C(/C)[O-].CC(=O)/C=C(/C)[O-].CC(=O)/C=C(/C)[O-].Oc1ccccc1C=[NH+][C@@H]1CCCC[C@H]1[NH+]=Cc1ccccc1O.Oc1ccccc1C=[NH+][C@H]1CCCC[C@@H]1[NH+]=Cc1ccccc1O.[Dy].[Dy].[Dy].[Dy].[O-]c1ccccc1C=N[C@H]1CCCC[C@H]1N=Cc1ccccc1[O-].[O-]c1ccccc1C=N[C@H]1CCCC[C@H]1N=Cc1ccccc1[O-].[OH-].[OH-]. The van der Waals surface area contributed by atoms with Crippen molar-refractivity contribution in [3.05, 3.63) is 310 Å². The normalized spacial score (nSPS) is 17.1. The van der Waals surface area contributed by atoms with Gasteiger partial charge in [-0.2, -0.15) is 10.5 Å². The first-order chi connectivity index (χ1) is 68.5. The van der Waals surface area contributed by atoms with Crippen molar-refractivity contribution < 1.29 is 284 Å². The molecule has 0 aromatic heterocycles. The number of aromatic hydroxyl groups is 4. The Hall–Kier alpha value is -11.2. The molecule has 4 aliphatic carbocycles. The van der Waals surface area contributed by atoms with Gasteiger partial charge < -0.3 is 82.4 Å². The number of rotatable bonds is 22. The molecule has 8 atom stereocenters. The summed E-state index contributed by atoms with van der Waals surface area (Å²) >= 11 is 0. The van der Waals surface area contributed by atoms with Crippen molar-refractivity contribution in [2.45, 2.75) is 248 Å². The number of benzene rings is 8. The van der Waals surface area contributed by atoms with Gasteiger partial charge in [-0.3, -0.25) is 48.7 Å². The molecule has 0 aliphatic heterocycles. The van der Waals surface area contributed by atoms with Gasteiger partial charge in [-0.15, -0.1) is 57.6 Å². The Morgan fingerprint density at radius 3 is 0.527 bits per heavy atom. The van der Waals surface area contributed by atoms with Crippen molar-refractivity contribution in [2.24, 2.45) is 20.0 Å². The van der Waals surface area contributed by atoms with E-state index in [2.05, 4.69) is 39.9 Å². The molecule has 4 aliphatic rings. The van der Waals surface area contributed by atoms with Gasteiger partial charge >= 0.3 is 0 Å². The maximum atomic E-state index is 11.8. The molecule has 12 rings (SSSR count). The van der Waals surface area contributed by atoms with E-state index in [1.807, 2.05) is 122 Å². The second-order valence-electron chi connectivity index (χ2n) is 33.2. The molecule has 36 heteroatoms. The Bertz CT molecular complexity index is 4830. The number of aliphatic imine (C=N–C) groups is 4. The average Bonchev–Trinajstić information content (AvgIpc) is 0.867. The fourth-order valence-electron chi connectivity index (χ4n) is 13.9. The molecule has 8 aromatic rings. The van der Waals surface area contributed by atoms with E-state index in [1.165, 1.54) is 123 Å². The van der Waals surface area contributed by atoms with Crippen LogP contribution in [0.1, 0.15) is 244 Å². The van der Waals surface area contributed by atoms with E-state index in [4.69, 9.17) is 10.5 Å². The van der Waals surface area contributed by atoms with Gasteiger partial charge in [0.1, 0.15) is 23.0 Å². The largest absolute Gasteiger partial charge is 0.876 e. The van der Waals surface area contributed by atoms with Crippen LogP contribution in [-0.2, 0) is 28.8 Å². The molecule has 0 spiro atoms. The summed E-state index contributed by atoms with van der Waals surface area (Å²) in [6, 6.07) is 61.7. The summed E-state index contributed by atoms with van der Waals surface area (Å²) in [5, 5.41) is 161. The molecule has 4 saturated carbocycles. The summed E-state index contributed by atoms with van der Waals surface area (Å²) in [5.41, 5.74) is 5.62. The van der Waals surface area contributed by atoms with Gasteiger partial charge in [-0.25, -0.2) is 20.0 Å². The number of para-hydroxylation sites is 8. The topological polar surface area (TPSA) is 627 Å². The molecule has 0 bridgehead atoms. The molecule has 32 nitrogen and oxygen atoms in total. The van der Waals surface area contributed by atoms with Gasteiger partial charge in [-0.1, -0.05) is 213 Å². The Balaban J connectivity index is -0.000000398. The van der Waals surface area contributed by atoms with Crippen LogP contribution in [0.5, 0.6) is 46.0 Å². The van der Waals surface area contributed by atoms with Crippen molar-refractivity contribution in [3.63, 3.8) is 0 Å². The molecule has 824 valence electrons. The minimum Gasteiger partial charge on any atom is -0.876 e. The molecule has 0 saturated heterocycles. The summed E-state index contributed by atoms with van der Waals surface area (Å²) in [4.78, 5) is 92.1. The van der Waals surface area contributed by atoms with Crippen LogP contribution >= 0.6 is 0 Å². The van der Waals surface area contributed by atoms with Gasteiger partial charge in [0.25, 0.3) is 0 Å². The number of carbonyl (C=O) groups excluding carboxylic acids is 6. The first kappa shape index (κ1) is 149. The van der Waals surface area contributed by atoms with Gasteiger partial charge in [0.2, 0.25) is 24.2 Å². The van der Waals surface area contributed by atoms with E-state index in [0.717, 1.165) is 136 Å². The number of nitrogens with one attached hydrogen (secondary N) is 4. The number of hydrogen-bond acceptors (Lipinski definition) is 28. The van der Waals surface area contributed by atoms with Crippen LogP contribution in [0.4, 0.5) is 0 Å². The predicted molar refractivity (Wildman–Crippen MR) is 548 cm³/mol. The van der Waals surface area contributed by atoms with E-state index in [9.17, 15) is 100 Å². The van der Waals surface area contributed by atoms with E-state index >= 15 is 0 Å². The monoisotopic (exact) mass is 2650 g/mol. The van der Waals surface area contributed by atoms with Crippen molar-refractivity contribution in [3.8, 4) is 58.1 Å². The zero-order valence-electron chi connectivity index (χ0n) is 86.7. The fraction of sp³-hybridized carbons (Fsp3) is 0.333. The number of phenolic OH excluding ortho intramolecular Hbond substituents is 4. The third-order valence-electron chi connectivity index (χ3n) is 20.2. The number of carbonyl (C=O) groups is 6. The van der Waals surface area contributed by atoms with Crippen molar-refractivity contribution in [1.82, 2.24) is 0 Å². The van der Waals surface area contributed by atoms with E-state index in [0.29, 0.717) is 46.4 Å². The van der Waals surface area contributed by atoms with Gasteiger partial charge in [0, 0.05) is 217 Å². The second-order valence-corrected chi connectivity index (χ2v) is 33.2. The molecule has 8 aromatic carbocycles. The molecule has 150 heavy (non-hydrogen) atoms. The van der Waals surface area contributed by atoms with E-state index in [-0.39, 0.29) is 303 Å². The first-order valence-corrected chi connectivity index (χ1v) is 47.0. The Labute approximate surface area is 1000 Å². The smallest absolute Gasteiger partial charge is 0.211 e. The van der Waals surface area contributed by atoms with Gasteiger partial charge in [0.15, 0.2) is 59.6 Å². The zero-order chi connectivity index (χ0) is 108. The number of allylic oxidation sites excluding steroid dienone is 12. The molecular weight excluding hydrogens is 2510 g/mol. The maximum Gasteiger partial charge on any atom is 0.211 e. The first-order valence-electron chi connectivity index (χ1n) is 47.0. The Morgan fingerprint density at radius 1 is 0.267 bits per heavy atom. The third-order valence-corrected chi connectivity index (χ3v) is 20.2. The molecular formula is C114H138Dy4N10O22-8. The number of ketones is 6. The number of hydrogen-bond donors (Lipinski definition) is 8. The van der Waals surface area contributed by atoms with Crippen molar-refractivity contribution in [1.29, 1.82) is 10.5 Å². The standard InChI is InChI=1S/4C20H22N2O2.6C5H8O2.2C2H3N.4Dy.2H2O/c4*23-19-11-5-1-7-15(19)13-21-17-9-3-4-10-18(17)22-14-16-8-2-6-12-20(16)24;6*1-4(6)3-5(2)7;2*1-2-3;;;;;;/h4*1-2,5-8,11-14,17-18,23-24H,3-4,9-10H2;6*3,6H,1-2H3;2*1H3;;;;;2*1H2/p-8/b;;;;6*4-3-;;;;;;;;/t2*17-,18+;2*17-,18-;;;;;;;;;;;;;;/m..10............../s1. The number of phenols is 4. The van der Waals surface area contributed by atoms with Crippen molar-refractivity contribution >= 4 is 84.4 Å².